The zero-order valence-electron chi connectivity index (χ0n) is 17.3. The van der Waals surface area contributed by atoms with E-state index in [2.05, 4.69) is 30.4 Å². The van der Waals surface area contributed by atoms with E-state index in [1.165, 1.54) is 6.42 Å². The van der Waals surface area contributed by atoms with E-state index in [-0.39, 0.29) is 0 Å². The van der Waals surface area contributed by atoms with Crippen molar-refractivity contribution in [2.45, 2.75) is 25.8 Å². The highest BCUT2D eigenvalue weighted by Crippen LogP contribution is 2.47. The summed E-state index contributed by atoms with van der Waals surface area (Å²) < 4.78 is 18.3. The Bertz CT molecular complexity index is 959. The number of aromatic nitrogens is 2. The molecule has 1 saturated carbocycles. The molecule has 0 bridgehead atoms. The van der Waals surface area contributed by atoms with Crippen LogP contribution in [0.2, 0.25) is 0 Å². The number of hydrogen-bond acceptors (Lipinski definition) is 5. The molecule has 0 amide bonds. The van der Waals surface area contributed by atoms with Gasteiger partial charge in [-0.3, -0.25) is 0 Å². The lowest BCUT2D eigenvalue weighted by Crippen LogP contribution is -2.07. The third kappa shape index (κ3) is 3.88. The number of nitrogens with one attached hydrogen (secondary N) is 1. The van der Waals surface area contributed by atoms with Gasteiger partial charge in [0.2, 0.25) is 5.75 Å². The number of ether oxygens (including phenoxy) is 3. The minimum absolute atomic E-state index is 0.557. The average Bonchev–Trinajstić information content (AvgIpc) is 3.34. The number of nitrogens with zero attached hydrogens (tertiary/aromatic N) is 2. The van der Waals surface area contributed by atoms with Crippen LogP contribution in [-0.2, 0) is 6.54 Å². The second-order valence-corrected chi connectivity index (χ2v) is 7.41. The number of para-hydroxylation sites is 1. The first-order valence-electron chi connectivity index (χ1n) is 9.82. The molecule has 6 heteroatoms. The van der Waals surface area contributed by atoms with Crippen LogP contribution in [0.4, 0.5) is 5.82 Å². The maximum absolute atomic E-state index is 5.47. The van der Waals surface area contributed by atoms with Gasteiger partial charge in [0.15, 0.2) is 11.5 Å². The van der Waals surface area contributed by atoms with Crippen molar-refractivity contribution in [3.8, 4) is 22.9 Å². The van der Waals surface area contributed by atoms with Crippen LogP contribution >= 0.6 is 0 Å². The van der Waals surface area contributed by atoms with Crippen molar-refractivity contribution in [1.29, 1.82) is 0 Å². The molecule has 0 spiro atoms. The summed E-state index contributed by atoms with van der Waals surface area (Å²) in [6, 6.07) is 16.3. The number of anilines is 1. The molecule has 1 aliphatic rings. The maximum atomic E-state index is 5.47. The van der Waals surface area contributed by atoms with Crippen molar-refractivity contribution < 1.29 is 14.2 Å². The molecule has 0 unspecified atom stereocenters. The van der Waals surface area contributed by atoms with Crippen LogP contribution in [0.25, 0.3) is 5.69 Å². The first-order valence-corrected chi connectivity index (χ1v) is 9.82. The Morgan fingerprint density at radius 3 is 2.21 bits per heavy atom. The predicted octanol–water partition coefficient (Wildman–Crippen LogP) is 4.63. The molecular weight excluding hydrogens is 366 g/mol. The molecule has 0 radical (unpaired) electrons. The van der Waals surface area contributed by atoms with Gasteiger partial charge < -0.3 is 19.5 Å². The fraction of sp³-hybridized carbons (Fsp3) is 0.348. The monoisotopic (exact) mass is 393 g/mol. The molecule has 4 rings (SSSR count). The molecule has 1 aromatic heterocycles. The average molecular weight is 393 g/mol. The van der Waals surface area contributed by atoms with Gasteiger partial charge >= 0.3 is 0 Å². The van der Waals surface area contributed by atoms with Gasteiger partial charge in [-0.1, -0.05) is 25.1 Å². The van der Waals surface area contributed by atoms with E-state index in [4.69, 9.17) is 19.3 Å². The predicted molar refractivity (Wildman–Crippen MR) is 114 cm³/mol. The summed E-state index contributed by atoms with van der Waals surface area (Å²) >= 11 is 0. The second-order valence-electron chi connectivity index (χ2n) is 7.41. The highest BCUT2D eigenvalue weighted by Gasteiger charge is 2.36. The van der Waals surface area contributed by atoms with Gasteiger partial charge in [0, 0.05) is 18.5 Å². The summed E-state index contributed by atoms with van der Waals surface area (Å²) in [6.07, 6.45) is 1.21. The van der Waals surface area contributed by atoms with Crippen LogP contribution in [0.5, 0.6) is 17.2 Å². The molecule has 1 aliphatic carbocycles. The highest BCUT2D eigenvalue weighted by molar-refractivity contribution is 5.55. The Hall–Kier alpha value is -3.15. The molecule has 1 heterocycles. The minimum Gasteiger partial charge on any atom is -0.493 e. The quantitative estimate of drug-likeness (QED) is 0.604. The summed E-state index contributed by atoms with van der Waals surface area (Å²) in [7, 11) is 4.86. The van der Waals surface area contributed by atoms with Crippen molar-refractivity contribution in [3.63, 3.8) is 0 Å². The summed E-state index contributed by atoms with van der Waals surface area (Å²) in [6.45, 7) is 2.88. The van der Waals surface area contributed by atoms with Crippen LogP contribution in [0.15, 0.2) is 48.5 Å². The van der Waals surface area contributed by atoms with Gasteiger partial charge in [-0.2, -0.15) is 5.10 Å². The molecule has 2 atom stereocenters. The lowest BCUT2D eigenvalue weighted by Gasteiger charge is -2.15. The third-order valence-corrected chi connectivity index (χ3v) is 5.42. The molecule has 152 valence electrons. The standard InChI is InChI=1S/C23H27N3O3/c1-15-10-18(15)19-13-22(26(25-19)17-8-6-5-7-9-17)24-14-16-11-20(27-2)23(29-4)21(12-16)28-3/h5-9,11-13,15,18,24H,10,14H2,1-4H3/t15-,18-/m1/s1. The Labute approximate surface area is 171 Å². The minimum atomic E-state index is 0.557. The van der Waals surface area contributed by atoms with Crippen molar-refractivity contribution in [3.05, 3.63) is 59.8 Å². The van der Waals surface area contributed by atoms with Crippen molar-refractivity contribution in [1.82, 2.24) is 9.78 Å². The molecule has 1 N–H and O–H groups in total. The zero-order valence-corrected chi connectivity index (χ0v) is 17.3. The smallest absolute Gasteiger partial charge is 0.203 e. The number of methoxy groups -OCH3 is 3. The first-order chi connectivity index (χ1) is 14.1. The summed E-state index contributed by atoms with van der Waals surface area (Å²) in [5, 5.41) is 8.42. The topological polar surface area (TPSA) is 57.5 Å². The van der Waals surface area contributed by atoms with Gasteiger partial charge in [0.05, 0.1) is 32.7 Å². The first kappa shape index (κ1) is 19.2. The summed E-state index contributed by atoms with van der Waals surface area (Å²) in [5.74, 6) is 4.12. The van der Waals surface area contributed by atoms with E-state index < -0.39 is 0 Å². The van der Waals surface area contributed by atoms with Gasteiger partial charge in [-0.15, -0.1) is 0 Å². The van der Waals surface area contributed by atoms with Gasteiger partial charge in [0.1, 0.15) is 5.82 Å². The number of hydrogen-bond donors (Lipinski definition) is 1. The van der Waals surface area contributed by atoms with E-state index in [0.717, 1.165) is 22.8 Å². The fourth-order valence-electron chi connectivity index (χ4n) is 3.64. The van der Waals surface area contributed by atoms with Crippen LogP contribution < -0.4 is 19.5 Å². The highest BCUT2D eigenvalue weighted by atomic mass is 16.5. The fourth-order valence-corrected chi connectivity index (χ4v) is 3.64. The molecule has 0 aliphatic heterocycles. The van der Waals surface area contributed by atoms with E-state index in [0.29, 0.717) is 35.6 Å². The Morgan fingerprint density at radius 1 is 1.00 bits per heavy atom. The largest absolute Gasteiger partial charge is 0.493 e. The van der Waals surface area contributed by atoms with Crippen LogP contribution in [0.1, 0.15) is 30.5 Å². The molecule has 0 saturated heterocycles. The Balaban J connectivity index is 1.62. The molecule has 2 aromatic carbocycles. The number of rotatable bonds is 8. The maximum Gasteiger partial charge on any atom is 0.203 e. The van der Waals surface area contributed by atoms with Crippen molar-refractivity contribution in [2.75, 3.05) is 26.6 Å². The normalized spacial score (nSPS) is 17.7. The molecule has 6 nitrogen and oxygen atoms in total. The van der Waals surface area contributed by atoms with Crippen LogP contribution in [0.3, 0.4) is 0 Å². The lowest BCUT2D eigenvalue weighted by atomic mass is 10.1. The van der Waals surface area contributed by atoms with Crippen LogP contribution in [0, 0.1) is 5.92 Å². The van der Waals surface area contributed by atoms with E-state index >= 15 is 0 Å². The zero-order chi connectivity index (χ0) is 20.4. The van der Waals surface area contributed by atoms with Gasteiger partial charge in [-0.25, -0.2) is 4.68 Å². The van der Waals surface area contributed by atoms with E-state index in [1.54, 1.807) is 21.3 Å². The molecule has 1 fully saturated rings. The summed E-state index contributed by atoms with van der Waals surface area (Å²) in [4.78, 5) is 0. The summed E-state index contributed by atoms with van der Waals surface area (Å²) in [5.41, 5.74) is 3.22. The molecule has 3 aromatic rings. The van der Waals surface area contributed by atoms with Crippen molar-refractivity contribution >= 4 is 5.82 Å². The molecule has 29 heavy (non-hydrogen) atoms. The molecular formula is C23H27N3O3. The lowest BCUT2D eigenvalue weighted by molar-refractivity contribution is 0.324. The SMILES string of the molecule is COc1cc(CNc2cc([C@@H]3C[C@H]3C)nn2-c2ccccc2)cc(OC)c1OC. The Morgan fingerprint density at radius 2 is 1.66 bits per heavy atom. The van der Waals surface area contributed by atoms with E-state index in [9.17, 15) is 0 Å². The third-order valence-electron chi connectivity index (χ3n) is 5.42. The van der Waals surface area contributed by atoms with Gasteiger partial charge in [-0.05, 0) is 42.2 Å². The second kappa shape index (κ2) is 8.07. The van der Waals surface area contributed by atoms with Gasteiger partial charge in [0.25, 0.3) is 0 Å². The van der Waals surface area contributed by atoms with Crippen molar-refractivity contribution in [2.24, 2.45) is 5.92 Å². The van der Waals surface area contributed by atoms with E-state index in [1.807, 2.05) is 35.0 Å². The Kier molecular flexibility index (Phi) is 5.34. The van der Waals surface area contributed by atoms with Crippen LogP contribution in [-0.4, -0.2) is 31.1 Å². The number of benzene rings is 2.